The van der Waals surface area contributed by atoms with Crippen LogP contribution in [0.4, 0.5) is 0 Å². The highest BCUT2D eigenvalue weighted by atomic mass is 35.5. The molecule has 23 heavy (non-hydrogen) atoms. The third-order valence-corrected chi connectivity index (χ3v) is 5.73. The molecule has 1 fully saturated rings. The minimum Gasteiger partial charge on any atom is -0.346 e. The summed E-state index contributed by atoms with van der Waals surface area (Å²) < 4.78 is 0.943. The molecule has 128 valence electrons. The van der Waals surface area contributed by atoms with Gasteiger partial charge in [-0.3, -0.25) is 9.59 Å². The number of likely N-dealkylation sites (tertiary alicyclic amines) is 1. The van der Waals surface area contributed by atoms with Crippen LogP contribution in [0.2, 0.25) is 8.67 Å². The molecule has 0 spiro atoms. The van der Waals surface area contributed by atoms with Crippen molar-refractivity contribution in [3.63, 3.8) is 0 Å². The van der Waals surface area contributed by atoms with E-state index in [1.807, 2.05) is 11.9 Å². The number of carbonyl (C=O) groups is 2. The number of carbonyl (C=O) groups excluding carboxylic acids is 2. The Morgan fingerprint density at radius 3 is 2.52 bits per heavy atom. The van der Waals surface area contributed by atoms with Crippen LogP contribution < -0.4 is 0 Å². The lowest BCUT2D eigenvalue weighted by atomic mass is 9.95. The summed E-state index contributed by atoms with van der Waals surface area (Å²) in [6.45, 7) is 4.09. The predicted octanol–water partition coefficient (Wildman–Crippen LogP) is 4.17. The molecule has 0 atom stereocenters. The second-order valence-electron chi connectivity index (χ2n) is 5.92. The first-order chi connectivity index (χ1) is 10.9. The van der Waals surface area contributed by atoms with E-state index in [4.69, 9.17) is 23.2 Å². The largest absolute Gasteiger partial charge is 0.346 e. The second kappa shape index (κ2) is 8.36. The van der Waals surface area contributed by atoms with Crippen LogP contribution in [-0.2, 0) is 4.79 Å². The molecule has 0 aliphatic carbocycles. The SMILES string of the molecule is CCCCN(C)C(=O)C1CCN(C(=O)c2cc(Cl)sc2Cl)CC1. The summed E-state index contributed by atoms with van der Waals surface area (Å²) in [5.41, 5.74) is 0.464. The monoisotopic (exact) mass is 376 g/mol. The summed E-state index contributed by atoms with van der Waals surface area (Å²) in [5.74, 6) is 0.119. The van der Waals surface area contributed by atoms with E-state index in [-0.39, 0.29) is 17.7 Å². The zero-order valence-corrected chi connectivity index (χ0v) is 15.8. The summed E-state index contributed by atoms with van der Waals surface area (Å²) in [7, 11) is 1.86. The van der Waals surface area contributed by atoms with Crippen LogP contribution in [0, 0.1) is 5.92 Å². The topological polar surface area (TPSA) is 40.6 Å². The Hall–Kier alpha value is -0.780. The number of piperidine rings is 1. The molecule has 0 saturated carbocycles. The first-order valence-corrected chi connectivity index (χ1v) is 9.50. The molecule has 0 aromatic carbocycles. The number of rotatable bonds is 5. The van der Waals surface area contributed by atoms with Gasteiger partial charge in [0.2, 0.25) is 5.91 Å². The fraction of sp³-hybridized carbons (Fsp3) is 0.625. The number of halogens is 2. The predicted molar refractivity (Wildman–Crippen MR) is 95.5 cm³/mol. The van der Waals surface area contributed by atoms with Gasteiger partial charge in [0, 0.05) is 32.6 Å². The van der Waals surface area contributed by atoms with Crippen LogP contribution in [0.25, 0.3) is 0 Å². The molecule has 1 saturated heterocycles. The summed E-state index contributed by atoms with van der Waals surface area (Å²) in [5, 5.41) is 0. The van der Waals surface area contributed by atoms with Gasteiger partial charge in [-0.2, -0.15) is 0 Å². The summed E-state index contributed by atoms with van der Waals surface area (Å²) in [6, 6.07) is 1.62. The maximum Gasteiger partial charge on any atom is 0.256 e. The van der Waals surface area contributed by atoms with E-state index in [9.17, 15) is 9.59 Å². The summed E-state index contributed by atoms with van der Waals surface area (Å²) >= 11 is 13.2. The highest BCUT2D eigenvalue weighted by Gasteiger charge is 2.30. The van der Waals surface area contributed by atoms with Crippen molar-refractivity contribution >= 4 is 46.4 Å². The molecule has 2 heterocycles. The maximum absolute atomic E-state index is 12.5. The number of amides is 2. The van der Waals surface area contributed by atoms with Crippen LogP contribution in [0.1, 0.15) is 43.0 Å². The van der Waals surface area contributed by atoms with Gasteiger partial charge >= 0.3 is 0 Å². The van der Waals surface area contributed by atoms with Gasteiger partial charge in [-0.05, 0) is 25.3 Å². The van der Waals surface area contributed by atoms with E-state index in [2.05, 4.69) is 6.92 Å². The van der Waals surface area contributed by atoms with Crippen LogP contribution in [0.15, 0.2) is 6.07 Å². The van der Waals surface area contributed by atoms with E-state index in [1.165, 1.54) is 11.3 Å². The quantitative estimate of drug-likeness (QED) is 0.773. The smallest absolute Gasteiger partial charge is 0.256 e. The Bertz CT molecular complexity index is 568. The Labute approximate surface area is 151 Å². The number of hydrogen-bond donors (Lipinski definition) is 0. The molecule has 1 aromatic heterocycles. The molecule has 0 N–H and O–H groups in total. The Balaban J connectivity index is 1.89. The van der Waals surface area contributed by atoms with Crippen molar-refractivity contribution in [3.05, 3.63) is 20.3 Å². The average molecular weight is 377 g/mol. The minimum absolute atomic E-state index is 0.0161. The number of thiophene rings is 1. The summed E-state index contributed by atoms with van der Waals surface area (Å²) in [4.78, 5) is 28.5. The fourth-order valence-electron chi connectivity index (χ4n) is 2.80. The number of hydrogen-bond acceptors (Lipinski definition) is 3. The van der Waals surface area contributed by atoms with Crippen LogP contribution in [0.3, 0.4) is 0 Å². The normalized spacial score (nSPS) is 15.7. The van der Waals surface area contributed by atoms with Gasteiger partial charge in [0.1, 0.15) is 4.34 Å². The van der Waals surface area contributed by atoms with Gasteiger partial charge in [0.15, 0.2) is 0 Å². The van der Waals surface area contributed by atoms with Crippen molar-refractivity contribution in [2.24, 2.45) is 5.92 Å². The van der Waals surface area contributed by atoms with Crippen molar-refractivity contribution in [2.45, 2.75) is 32.6 Å². The molecule has 0 radical (unpaired) electrons. The maximum atomic E-state index is 12.5. The highest BCUT2D eigenvalue weighted by molar-refractivity contribution is 7.20. The highest BCUT2D eigenvalue weighted by Crippen LogP contribution is 2.32. The molecule has 0 unspecified atom stereocenters. The Morgan fingerprint density at radius 2 is 2.00 bits per heavy atom. The molecule has 1 aliphatic rings. The van der Waals surface area contributed by atoms with E-state index in [0.29, 0.717) is 40.2 Å². The molecule has 2 amide bonds. The standard InChI is InChI=1S/C16H22Cl2N2O2S/c1-3-4-7-19(2)15(21)11-5-8-20(9-6-11)16(22)12-10-13(17)23-14(12)18/h10-11H,3-9H2,1-2H3. The van der Waals surface area contributed by atoms with Crippen LogP contribution in [0.5, 0.6) is 0 Å². The zero-order valence-electron chi connectivity index (χ0n) is 13.5. The molecule has 1 aromatic rings. The van der Waals surface area contributed by atoms with Gasteiger partial charge in [0.05, 0.1) is 9.90 Å². The second-order valence-corrected chi connectivity index (χ2v) is 8.20. The lowest BCUT2D eigenvalue weighted by molar-refractivity contribution is -0.135. The third kappa shape index (κ3) is 4.61. The van der Waals surface area contributed by atoms with Crippen molar-refractivity contribution in [1.29, 1.82) is 0 Å². The van der Waals surface area contributed by atoms with Crippen molar-refractivity contribution < 1.29 is 9.59 Å². The average Bonchev–Trinajstić information content (AvgIpc) is 2.89. The van der Waals surface area contributed by atoms with E-state index < -0.39 is 0 Å². The number of nitrogens with zero attached hydrogens (tertiary/aromatic N) is 2. The molecule has 4 nitrogen and oxygen atoms in total. The Kier molecular flexibility index (Phi) is 6.74. The van der Waals surface area contributed by atoms with E-state index >= 15 is 0 Å². The van der Waals surface area contributed by atoms with Crippen LogP contribution >= 0.6 is 34.5 Å². The Morgan fingerprint density at radius 1 is 1.35 bits per heavy atom. The first kappa shape index (κ1) is 18.6. The van der Waals surface area contributed by atoms with Gasteiger partial charge in [0.25, 0.3) is 5.91 Å². The molecular formula is C16H22Cl2N2O2S. The van der Waals surface area contributed by atoms with Crippen molar-refractivity contribution in [2.75, 3.05) is 26.7 Å². The van der Waals surface area contributed by atoms with Gasteiger partial charge in [-0.1, -0.05) is 36.5 Å². The number of unbranched alkanes of at least 4 members (excludes halogenated alkanes) is 1. The van der Waals surface area contributed by atoms with E-state index in [0.717, 1.165) is 19.4 Å². The molecule has 1 aliphatic heterocycles. The minimum atomic E-state index is -0.0941. The van der Waals surface area contributed by atoms with Crippen molar-refractivity contribution in [1.82, 2.24) is 9.80 Å². The fourth-order valence-corrected chi connectivity index (χ4v) is 4.25. The molecule has 2 rings (SSSR count). The van der Waals surface area contributed by atoms with Gasteiger partial charge in [-0.15, -0.1) is 11.3 Å². The van der Waals surface area contributed by atoms with E-state index in [1.54, 1.807) is 11.0 Å². The van der Waals surface area contributed by atoms with Gasteiger partial charge in [-0.25, -0.2) is 0 Å². The zero-order chi connectivity index (χ0) is 17.0. The van der Waals surface area contributed by atoms with Crippen LogP contribution in [-0.4, -0.2) is 48.3 Å². The summed E-state index contributed by atoms with van der Waals surface area (Å²) in [6.07, 6.45) is 3.51. The lowest BCUT2D eigenvalue weighted by Crippen LogP contribution is -2.43. The molecule has 7 heteroatoms. The van der Waals surface area contributed by atoms with Crippen molar-refractivity contribution in [3.8, 4) is 0 Å². The van der Waals surface area contributed by atoms with Gasteiger partial charge < -0.3 is 9.80 Å². The first-order valence-electron chi connectivity index (χ1n) is 7.93. The lowest BCUT2D eigenvalue weighted by Gasteiger charge is -2.33. The molecular weight excluding hydrogens is 355 g/mol. The molecule has 0 bridgehead atoms. The third-order valence-electron chi connectivity index (χ3n) is 4.24.